The smallest absolute Gasteiger partial charge is 0.311 e. The molecule has 7 heteroatoms. The number of halogens is 1. The molecule has 0 radical (unpaired) electrons. The molecule has 92 valence electrons. The number of rotatable bonds is 3. The van der Waals surface area contributed by atoms with E-state index in [0.717, 1.165) is 0 Å². The van der Waals surface area contributed by atoms with E-state index >= 15 is 0 Å². The third kappa shape index (κ3) is 2.67. The summed E-state index contributed by atoms with van der Waals surface area (Å²) in [5.74, 6) is 0.235. The quantitative estimate of drug-likeness (QED) is 0.680. The molecule has 1 heterocycles. The van der Waals surface area contributed by atoms with Gasteiger partial charge in [0.1, 0.15) is 0 Å². The number of hydrogen-bond acceptors (Lipinski definition) is 5. The van der Waals surface area contributed by atoms with Crippen molar-refractivity contribution in [3.05, 3.63) is 51.7 Å². The average molecular weight is 266 g/mol. The Labute approximate surface area is 107 Å². The van der Waals surface area contributed by atoms with Crippen LogP contribution in [0, 0.1) is 10.1 Å². The molecule has 0 saturated carbocycles. The van der Waals surface area contributed by atoms with Crippen molar-refractivity contribution in [1.29, 1.82) is 0 Å². The summed E-state index contributed by atoms with van der Waals surface area (Å²) in [6.07, 6.45) is 1.39. The van der Waals surface area contributed by atoms with Crippen molar-refractivity contribution >= 4 is 23.0 Å². The lowest BCUT2D eigenvalue weighted by Crippen LogP contribution is -1.95. The fourth-order valence-electron chi connectivity index (χ4n) is 1.29. The predicted octanol–water partition coefficient (Wildman–Crippen LogP) is 3.02. The second-order valence-electron chi connectivity index (χ2n) is 3.40. The van der Waals surface area contributed by atoms with Crippen LogP contribution < -0.4 is 10.5 Å². The van der Waals surface area contributed by atoms with E-state index in [9.17, 15) is 10.1 Å². The monoisotopic (exact) mass is 265 g/mol. The molecule has 6 nitrogen and oxygen atoms in total. The van der Waals surface area contributed by atoms with Crippen LogP contribution >= 0.6 is 11.6 Å². The molecule has 1 aromatic heterocycles. The average Bonchev–Trinajstić information content (AvgIpc) is 2.32. The van der Waals surface area contributed by atoms with Crippen LogP contribution in [0.5, 0.6) is 11.6 Å². The maximum atomic E-state index is 10.8. The Hall–Kier alpha value is -2.34. The number of hydrogen-bond donors (Lipinski definition) is 1. The van der Waals surface area contributed by atoms with Crippen LogP contribution in [0.15, 0.2) is 36.5 Å². The van der Waals surface area contributed by atoms with Gasteiger partial charge in [0.15, 0.2) is 0 Å². The predicted molar refractivity (Wildman–Crippen MR) is 66.8 cm³/mol. The van der Waals surface area contributed by atoms with Crippen LogP contribution in [0.4, 0.5) is 11.4 Å². The summed E-state index contributed by atoms with van der Waals surface area (Å²) in [7, 11) is 0. The number of ether oxygens (including phenoxy) is 1. The summed E-state index contributed by atoms with van der Waals surface area (Å²) < 4.78 is 5.31. The van der Waals surface area contributed by atoms with E-state index in [0.29, 0.717) is 10.7 Å². The first-order chi connectivity index (χ1) is 8.56. The van der Waals surface area contributed by atoms with Gasteiger partial charge >= 0.3 is 5.69 Å². The van der Waals surface area contributed by atoms with E-state index in [1.54, 1.807) is 6.07 Å². The van der Waals surface area contributed by atoms with E-state index in [2.05, 4.69) is 4.98 Å². The fraction of sp³-hybridized carbons (Fsp3) is 0. The summed E-state index contributed by atoms with van der Waals surface area (Å²) in [4.78, 5) is 14.2. The maximum Gasteiger partial charge on any atom is 0.311 e. The first-order valence-electron chi connectivity index (χ1n) is 4.89. The SMILES string of the molecule is Nc1ccc(Oc2cc(Cl)ccc2[N+](=O)[O-])nc1. The van der Waals surface area contributed by atoms with E-state index in [4.69, 9.17) is 22.1 Å². The highest BCUT2D eigenvalue weighted by molar-refractivity contribution is 6.30. The summed E-state index contributed by atoms with van der Waals surface area (Å²) >= 11 is 5.77. The van der Waals surface area contributed by atoms with Crippen LogP contribution in [0.25, 0.3) is 0 Å². The lowest BCUT2D eigenvalue weighted by molar-refractivity contribution is -0.385. The van der Waals surface area contributed by atoms with E-state index in [1.165, 1.54) is 30.5 Å². The Balaban J connectivity index is 2.35. The molecule has 0 saturated heterocycles. The Morgan fingerprint density at radius 3 is 2.72 bits per heavy atom. The van der Waals surface area contributed by atoms with Gasteiger partial charge in [0.25, 0.3) is 0 Å². The number of pyridine rings is 1. The van der Waals surface area contributed by atoms with Crippen LogP contribution in [-0.2, 0) is 0 Å². The molecule has 0 fully saturated rings. The minimum atomic E-state index is -0.553. The number of aromatic nitrogens is 1. The number of benzene rings is 1. The summed E-state index contributed by atoms with van der Waals surface area (Å²) in [5.41, 5.74) is 5.77. The molecule has 0 aliphatic rings. The molecule has 2 rings (SSSR count). The molecule has 2 aromatic rings. The molecule has 2 N–H and O–H groups in total. The minimum absolute atomic E-state index is 0.0322. The first kappa shape index (κ1) is 12.1. The molecule has 0 bridgehead atoms. The summed E-state index contributed by atoms with van der Waals surface area (Å²) in [5, 5.41) is 11.2. The number of nitro groups is 1. The standard InChI is InChI=1S/C11H8ClN3O3/c12-7-1-3-9(15(16)17)10(5-7)18-11-4-2-8(13)6-14-11/h1-6H,13H2. The normalized spacial score (nSPS) is 10.1. The van der Waals surface area contributed by atoms with Crippen molar-refractivity contribution in [2.24, 2.45) is 0 Å². The van der Waals surface area contributed by atoms with Gasteiger partial charge in [-0.3, -0.25) is 10.1 Å². The largest absolute Gasteiger partial charge is 0.432 e. The molecule has 0 unspecified atom stereocenters. The van der Waals surface area contributed by atoms with E-state index in [1.807, 2.05) is 0 Å². The molecule has 0 aliphatic carbocycles. The van der Waals surface area contributed by atoms with Gasteiger partial charge in [-0.05, 0) is 12.1 Å². The van der Waals surface area contributed by atoms with Crippen molar-refractivity contribution < 1.29 is 9.66 Å². The molecule has 0 amide bonds. The zero-order chi connectivity index (χ0) is 13.1. The number of nitrogens with zero attached hydrogens (tertiary/aromatic N) is 2. The van der Waals surface area contributed by atoms with Crippen molar-refractivity contribution in [3.63, 3.8) is 0 Å². The lowest BCUT2D eigenvalue weighted by Gasteiger charge is -2.05. The maximum absolute atomic E-state index is 10.8. The molecule has 0 atom stereocenters. The fourth-order valence-corrected chi connectivity index (χ4v) is 1.45. The molecular weight excluding hydrogens is 258 g/mol. The van der Waals surface area contributed by atoms with Crippen molar-refractivity contribution in [2.75, 3.05) is 5.73 Å². The van der Waals surface area contributed by atoms with Gasteiger partial charge < -0.3 is 10.5 Å². The van der Waals surface area contributed by atoms with Gasteiger partial charge in [-0.1, -0.05) is 11.6 Å². The second kappa shape index (κ2) is 4.89. The van der Waals surface area contributed by atoms with Crippen molar-refractivity contribution in [1.82, 2.24) is 4.98 Å². The second-order valence-corrected chi connectivity index (χ2v) is 3.84. The van der Waals surface area contributed by atoms with E-state index in [-0.39, 0.29) is 17.3 Å². The Morgan fingerprint density at radius 2 is 2.11 bits per heavy atom. The number of anilines is 1. The molecule has 0 spiro atoms. The highest BCUT2D eigenvalue weighted by atomic mass is 35.5. The number of nitrogen functional groups attached to an aromatic ring is 1. The van der Waals surface area contributed by atoms with Crippen LogP contribution in [0.3, 0.4) is 0 Å². The van der Waals surface area contributed by atoms with Crippen LogP contribution in [0.2, 0.25) is 5.02 Å². The minimum Gasteiger partial charge on any atom is -0.432 e. The topological polar surface area (TPSA) is 91.3 Å². The summed E-state index contributed by atoms with van der Waals surface area (Å²) in [6.45, 7) is 0. The first-order valence-corrected chi connectivity index (χ1v) is 5.27. The highest BCUT2D eigenvalue weighted by Crippen LogP contribution is 2.32. The molecule has 0 aliphatic heterocycles. The van der Waals surface area contributed by atoms with Gasteiger partial charge in [0.05, 0.1) is 16.8 Å². The van der Waals surface area contributed by atoms with Crippen LogP contribution in [0.1, 0.15) is 0 Å². The van der Waals surface area contributed by atoms with Crippen molar-refractivity contribution in [3.8, 4) is 11.6 Å². The third-order valence-corrected chi connectivity index (χ3v) is 2.33. The molecule has 18 heavy (non-hydrogen) atoms. The van der Waals surface area contributed by atoms with Gasteiger partial charge in [-0.15, -0.1) is 0 Å². The third-order valence-electron chi connectivity index (χ3n) is 2.09. The van der Waals surface area contributed by atoms with Crippen LogP contribution in [-0.4, -0.2) is 9.91 Å². The zero-order valence-corrected chi connectivity index (χ0v) is 9.79. The van der Waals surface area contributed by atoms with Gasteiger partial charge in [-0.2, -0.15) is 0 Å². The Morgan fingerprint density at radius 1 is 1.33 bits per heavy atom. The summed E-state index contributed by atoms with van der Waals surface area (Å²) in [6, 6.07) is 7.15. The van der Waals surface area contributed by atoms with Gasteiger partial charge in [0.2, 0.25) is 11.6 Å². The number of nitro benzene ring substituents is 1. The van der Waals surface area contributed by atoms with E-state index < -0.39 is 4.92 Å². The number of nitrogens with two attached hydrogens (primary N) is 1. The van der Waals surface area contributed by atoms with Crippen molar-refractivity contribution in [2.45, 2.75) is 0 Å². The van der Waals surface area contributed by atoms with Gasteiger partial charge in [-0.25, -0.2) is 4.98 Å². The highest BCUT2D eigenvalue weighted by Gasteiger charge is 2.16. The molecule has 1 aromatic carbocycles. The lowest BCUT2D eigenvalue weighted by atomic mass is 10.3. The molecular formula is C11H8ClN3O3. The Kier molecular flexibility index (Phi) is 3.29. The van der Waals surface area contributed by atoms with Gasteiger partial charge in [0, 0.05) is 23.2 Å². The Bertz CT molecular complexity index is 587. The zero-order valence-electron chi connectivity index (χ0n) is 9.04.